The largest absolute Gasteiger partial charge is 0.498 e. The summed E-state index contributed by atoms with van der Waals surface area (Å²) in [7, 11) is 1.60. The second kappa shape index (κ2) is 7.42. The summed E-state index contributed by atoms with van der Waals surface area (Å²) in [6, 6.07) is 0.359. The third-order valence-corrected chi connectivity index (χ3v) is 5.94. The van der Waals surface area contributed by atoms with Crippen LogP contribution in [0, 0.1) is 0 Å². The van der Waals surface area contributed by atoms with Crippen LogP contribution in [0.15, 0.2) is 12.4 Å². The molecule has 0 spiro atoms. The van der Waals surface area contributed by atoms with Crippen LogP contribution in [0.25, 0.3) is 0 Å². The Morgan fingerprint density at radius 1 is 1.23 bits per heavy atom. The van der Waals surface area contributed by atoms with E-state index in [-0.39, 0.29) is 17.8 Å². The highest BCUT2D eigenvalue weighted by Crippen LogP contribution is 2.36. The molecule has 1 N–H and O–H groups in total. The number of hydrogen-bond acceptors (Lipinski definition) is 7. The van der Waals surface area contributed by atoms with Crippen molar-refractivity contribution in [1.82, 2.24) is 14.9 Å². The molecule has 1 aromatic rings. The van der Waals surface area contributed by atoms with Crippen LogP contribution < -0.4 is 10.4 Å². The first-order valence-electron chi connectivity index (χ1n) is 9.47. The minimum absolute atomic E-state index is 0.204. The molecule has 26 heavy (non-hydrogen) atoms. The maximum atomic E-state index is 9.16. The number of aliphatic hydroxyl groups excluding tert-OH is 1. The molecule has 3 rings (SSSR count). The van der Waals surface area contributed by atoms with Gasteiger partial charge in [0, 0.05) is 44.0 Å². The fraction of sp³-hybridized carbons (Fsp3) is 0.778. The summed E-state index contributed by atoms with van der Waals surface area (Å²) in [6.07, 6.45) is 5.84. The highest BCUT2D eigenvalue weighted by Gasteiger charge is 2.52. The molecule has 1 atom stereocenters. The third kappa shape index (κ3) is 3.88. The van der Waals surface area contributed by atoms with Gasteiger partial charge in [-0.15, -0.1) is 0 Å². The summed E-state index contributed by atoms with van der Waals surface area (Å²) in [6.45, 7) is 11.1. The fourth-order valence-electron chi connectivity index (χ4n) is 3.47. The minimum Gasteiger partial charge on any atom is -0.399 e. The van der Waals surface area contributed by atoms with E-state index in [9.17, 15) is 0 Å². The van der Waals surface area contributed by atoms with Gasteiger partial charge in [0.05, 0.1) is 17.8 Å². The third-order valence-electron chi connectivity index (χ3n) is 5.94. The van der Waals surface area contributed by atoms with Gasteiger partial charge in [-0.25, -0.2) is 9.97 Å². The first-order valence-corrected chi connectivity index (χ1v) is 9.47. The molecule has 8 heteroatoms. The average Bonchev–Trinajstić information content (AvgIpc) is 2.83. The predicted octanol–water partition coefficient (Wildman–Crippen LogP) is 0.669. The quantitative estimate of drug-likeness (QED) is 0.772. The topological polar surface area (TPSA) is 71.0 Å². The van der Waals surface area contributed by atoms with Crippen LogP contribution in [-0.2, 0) is 9.31 Å². The Labute approximate surface area is 156 Å². The molecule has 2 aliphatic rings. The highest BCUT2D eigenvalue weighted by atomic mass is 16.7. The van der Waals surface area contributed by atoms with Crippen molar-refractivity contribution in [2.24, 2.45) is 0 Å². The van der Waals surface area contributed by atoms with Gasteiger partial charge in [-0.3, -0.25) is 4.90 Å². The predicted molar refractivity (Wildman–Crippen MR) is 103 cm³/mol. The van der Waals surface area contributed by atoms with E-state index in [4.69, 9.17) is 14.4 Å². The molecule has 2 saturated heterocycles. The molecular formula is C18H31BN4O3. The first-order chi connectivity index (χ1) is 12.2. The Hall–Kier alpha value is -1.22. The Morgan fingerprint density at radius 3 is 2.42 bits per heavy atom. The molecule has 7 nitrogen and oxygen atoms in total. The lowest BCUT2D eigenvalue weighted by atomic mass is 9.81. The Kier molecular flexibility index (Phi) is 5.58. The zero-order chi connectivity index (χ0) is 18.9. The standard InChI is InChI=1S/C18H31BN4O3/c1-17(2)18(3,4)26-19(25-17)14-11-20-16(21-12-14)22(5)15-7-6-8-23(13-15)9-10-24/h11-12,15,24H,6-10,13H2,1-5H3/t15-/m1/s1. The summed E-state index contributed by atoms with van der Waals surface area (Å²) in [5.41, 5.74) is 0.0999. The molecular weight excluding hydrogens is 331 g/mol. The van der Waals surface area contributed by atoms with Gasteiger partial charge in [0.2, 0.25) is 5.95 Å². The van der Waals surface area contributed by atoms with Crippen LogP contribution in [0.2, 0.25) is 0 Å². The van der Waals surface area contributed by atoms with Crippen molar-refractivity contribution >= 4 is 18.5 Å². The second-order valence-corrected chi connectivity index (χ2v) is 8.34. The molecule has 1 aromatic heterocycles. The number of nitrogens with zero attached hydrogens (tertiary/aromatic N) is 4. The van der Waals surface area contributed by atoms with Crippen molar-refractivity contribution in [1.29, 1.82) is 0 Å². The van der Waals surface area contributed by atoms with E-state index in [2.05, 4.69) is 19.8 Å². The number of hydrogen-bond donors (Lipinski definition) is 1. The normalized spacial score (nSPS) is 25.5. The van der Waals surface area contributed by atoms with Crippen molar-refractivity contribution in [3.63, 3.8) is 0 Å². The van der Waals surface area contributed by atoms with E-state index in [0.29, 0.717) is 12.0 Å². The lowest BCUT2D eigenvalue weighted by Crippen LogP contribution is -2.48. The molecule has 0 bridgehead atoms. The van der Waals surface area contributed by atoms with E-state index >= 15 is 0 Å². The fourth-order valence-corrected chi connectivity index (χ4v) is 3.47. The van der Waals surface area contributed by atoms with Crippen LogP contribution >= 0.6 is 0 Å². The summed E-state index contributed by atoms with van der Waals surface area (Å²) in [5.74, 6) is 0.709. The highest BCUT2D eigenvalue weighted by molar-refractivity contribution is 6.61. The minimum atomic E-state index is -0.436. The van der Waals surface area contributed by atoms with Crippen LogP contribution in [0.4, 0.5) is 5.95 Å². The van der Waals surface area contributed by atoms with Gasteiger partial charge >= 0.3 is 7.12 Å². The number of aliphatic hydroxyl groups is 1. The summed E-state index contributed by atoms with van der Waals surface area (Å²) in [4.78, 5) is 13.5. The number of piperidine rings is 1. The van der Waals surface area contributed by atoms with Gasteiger partial charge in [-0.2, -0.15) is 0 Å². The second-order valence-electron chi connectivity index (χ2n) is 8.34. The molecule has 2 aliphatic heterocycles. The molecule has 0 aromatic carbocycles. The molecule has 2 fully saturated rings. The van der Waals surface area contributed by atoms with E-state index in [1.54, 1.807) is 12.4 Å². The number of rotatable bonds is 5. The van der Waals surface area contributed by atoms with Crippen LogP contribution in [0.1, 0.15) is 40.5 Å². The lowest BCUT2D eigenvalue weighted by Gasteiger charge is -2.37. The monoisotopic (exact) mass is 362 g/mol. The van der Waals surface area contributed by atoms with Crippen molar-refractivity contribution in [2.45, 2.75) is 57.8 Å². The van der Waals surface area contributed by atoms with Gasteiger partial charge in [0.25, 0.3) is 0 Å². The summed E-state index contributed by atoms with van der Waals surface area (Å²) in [5, 5.41) is 9.16. The molecule has 3 heterocycles. The molecule has 0 amide bonds. The molecule has 0 saturated carbocycles. The molecule has 0 unspecified atom stereocenters. The number of β-amino-alcohol motifs (C(OH)–C–C–N with tert-alkyl or cyclic N) is 1. The van der Waals surface area contributed by atoms with Crippen molar-refractivity contribution in [3.05, 3.63) is 12.4 Å². The lowest BCUT2D eigenvalue weighted by molar-refractivity contribution is 0.00578. The van der Waals surface area contributed by atoms with Crippen LogP contribution in [0.5, 0.6) is 0 Å². The Morgan fingerprint density at radius 2 is 1.85 bits per heavy atom. The van der Waals surface area contributed by atoms with Crippen molar-refractivity contribution in [3.8, 4) is 0 Å². The van der Waals surface area contributed by atoms with Gasteiger partial charge in [-0.05, 0) is 47.1 Å². The summed E-state index contributed by atoms with van der Waals surface area (Å²) < 4.78 is 12.1. The van der Waals surface area contributed by atoms with Crippen LogP contribution in [0.3, 0.4) is 0 Å². The van der Waals surface area contributed by atoms with Gasteiger partial charge in [-0.1, -0.05) is 0 Å². The molecule has 0 radical (unpaired) electrons. The molecule has 0 aliphatic carbocycles. The number of aromatic nitrogens is 2. The molecule has 144 valence electrons. The average molecular weight is 362 g/mol. The SMILES string of the molecule is CN(c1ncc(B2OC(C)(C)C(C)(C)O2)cn1)[C@@H]1CCCN(CCO)C1. The van der Waals surface area contributed by atoms with E-state index in [0.717, 1.165) is 37.9 Å². The van der Waals surface area contributed by atoms with Crippen molar-refractivity contribution < 1.29 is 14.4 Å². The number of likely N-dealkylation sites (N-methyl/N-ethyl adjacent to an activating group) is 1. The van der Waals surface area contributed by atoms with Crippen LogP contribution in [-0.4, -0.2) is 77.6 Å². The zero-order valence-electron chi connectivity index (χ0n) is 16.6. The first kappa shape index (κ1) is 19.5. The van der Waals surface area contributed by atoms with E-state index in [1.807, 2.05) is 34.7 Å². The van der Waals surface area contributed by atoms with Gasteiger partial charge in [0.1, 0.15) is 0 Å². The summed E-state index contributed by atoms with van der Waals surface area (Å²) >= 11 is 0. The Balaban J connectivity index is 1.66. The van der Waals surface area contributed by atoms with E-state index < -0.39 is 7.12 Å². The van der Waals surface area contributed by atoms with Gasteiger partial charge in [0.15, 0.2) is 0 Å². The maximum absolute atomic E-state index is 9.16. The number of anilines is 1. The van der Waals surface area contributed by atoms with Gasteiger partial charge < -0.3 is 19.3 Å². The Bertz CT molecular complexity index is 593. The zero-order valence-corrected chi connectivity index (χ0v) is 16.6. The van der Waals surface area contributed by atoms with Crippen molar-refractivity contribution in [2.75, 3.05) is 38.2 Å². The smallest absolute Gasteiger partial charge is 0.399 e. The maximum Gasteiger partial charge on any atom is 0.498 e. The van der Waals surface area contributed by atoms with E-state index in [1.165, 1.54) is 0 Å². The number of likely N-dealkylation sites (tertiary alicyclic amines) is 1.